The van der Waals surface area contributed by atoms with Crippen LogP contribution in [0.25, 0.3) is 22.4 Å². The molecule has 0 bridgehead atoms. The standard InChI is InChI=1S/C22H18BrN3O2/c1-14-6-9-16(10-7-14)24-21(27)13-28-20-11-8-15(23)12-17(20)22-25-18-4-2-3-5-19(18)26-22/h2-12H,13H2,1H3,(H,24,27)(H,25,26). The predicted molar refractivity (Wildman–Crippen MR) is 115 cm³/mol. The van der Waals surface area contributed by atoms with Crippen LogP contribution in [0.3, 0.4) is 0 Å². The average molecular weight is 436 g/mol. The van der Waals surface area contributed by atoms with E-state index in [0.717, 1.165) is 32.3 Å². The molecule has 1 amide bonds. The number of aromatic nitrogens is 2. The van der Waals surface area contributed by atoms with Gasteiger partial charge < -0.3 is 15.0 Å². The van der Waals surface area contributed by atoms with Crippen molar-refractivity contribution in [2.45, 2.75) is 6.92 Å². The molecule has 28 heavy (non-hydrogen) atoms. The molecule has 0 aliphatic heterocycles. The molecule has 6 heteroatoms. The van der Waals surface area contributed by atoms with Gasteiger partial charge in [-0.2, -0.15) is 0 Å². The van der Waals surface area contributed by atoms with Crippen molar-refractivity contribution < 1.29 is 9.53 Å². The van der Waals surface area contributed by atoms with E-state index in [1.807, 2.05) is 73.7 Å². The highest BCUT2D eigenvalue weighted by Crippen LogP contribution is 2.32. The van der Waals surface area contributed by atoms with E-state index in [-0.39, 0.29) is 12.5 Å². The van der Waals surface area contributed by atoms with E-state index < -0.39 is 0 Å². The molecule has 0 saturated carbocycles. The van der Waals surface area contributed by atoms with Crippen LogP contribution in [-0.2, 0) is 4.79 Å². The summed E-state index contributed by atoms with van der Waals surface area (Å²) in [6.07, 6.45) is 0. The SMILES string of the molecule is Cc1ccc(NC(=O)COc2ccc(Br)cc2-c2nc3ccccc3[nH]2)cc1. The Morgan fingerprint density at radius 2 is 1.89 bits per heavy atom. The van der Waals surface area contributed by atoms with Crippen LogP contribution in [0.1, 0.15) is 5.56 Å². The zero-order valence-electron chi connectivity index (χ0n) is 15.2. The number of hydrogen-bond donors (Lipinski definition) is 2. The zero-order chi connectivity index (χ0) is 19.5. The number of imidazole rings is 1. The Labute approximate surface area is 170 Å². The van der Waals surface area contributed by atoms with E-state index in [1.54, 1.807) is 0 Å². The van der Waals surface area contributed by atoms with Crippen LogP contribution in [0.15, 0.2) is 71.2 Å². The maximum atomic E-state index is 12.3. The van der Waals surface area contributed by atoms with Crippen molar-refractivity contribution in [3.63, 3.8) is 0 Å². The molecule has 3 aromatic carbocycles. The fourth-order valence-corrected chi connectivity index (χ4v) is 3.23. The molecule has 4 aromatic rings. The summed E-state index contributed by atoms with van der Waals surface area (Å²) >= 11 is 3.49. The molecule has 0 spiro atoms. The Balaban J connectivity index is 1.53. The van der Waals surface area contributed by atoms with Gasteiger partial charge in [-0.05, 0) is 49.4 Å². The molecular formula is C22H18BrN3O2. The molecule has 1 heterocycles. The van der Waals surface area contributed by atoms with Crippen molar-refractivity contribution in [2.75, 3.05) is 11.9 Å². The van der Waals surface area contributed by atoms with E-state index in [2.05, 4.69) is 31.2 Å². The van der Waals surface area contributed by atoms with Gasteiger partial charge in [-0.3, -0.25) is 4.79 Å². The number of amides is 1. The van der Waals surface area contributed by atoms with Crippen LogP contribution in [-0.4, -0.2) is 22.5 Å². The minimum Gasteiger partial charge on any atom is -0.483 e. The summed E-state index contributed by atoms with van der Waals surface area (Å²) in [6, 6.07) is 21.1. The minimum atomic E-state index is -0.220. The van der Waals surface area contributed by atoms with Gasteiger partial charge in [-0.25, -0.2) is 4.98 Å². The number of nitrogens with zero attached hydrogens (tertiary/aromatic N) is 1. The van der Waals surface area contributed by atoms with Gasteiger partial charge in [0.1, 0.15) is 11.6 Å². The Hall–Kier alpha value is -3.12. The normalized spacial score (nSPS) is 10.8. The summed E-state index contributed by atoms with van der Waals surface area (Å²) in [5.74, 6) is 1.06. The number of halogens is 1. The second kappa shape index (κ2) is 7.86. The molecule has 0 atom stereocenters. The average Bonchev–Trinajstić information content (AvgIpc) is 3.13. The Morgan fingerprint density at radius 3 is 2.68 bits per heavy atom. The summed E-state index contributed by atoms with van der Waals surface area (Å²) in [6.45, 7) is 1.91. The van der Waals surface area contributed by atoms with Gasteiger partial charge >= 0.3 is 0 Å². The molecule has 0 unspecified atom stereocenters. The molecule has 5 nitrogen and oxygen atoms in total. The van der Waals surface area contributed by atoms with Gasteiger partial charge in [-0.15, -0.1) is 0 Å². The smallest absolute Gasteiger partial charge is 0.262 e. The second-order valence-electron chi connectivity index (χ2n) is 6.45. The zero-order valence-corrected chi connectivity index (χ0v) is 16.8. The highest BCUT2D eigenvalue weighted by Gasteiger charge is 2.13. The lowest BCUT2D eigenvalue weighted by atomic mass is 10.2. The van der Waals surface area contributed by atoms with Gasteiger partial charge in [0.25, 0.3) is 5.91 Å². The van der Waals surface area contributed by atoms with Crippen molar-refractivity contribution in [1.82, 2.24) is 9.97 Å². The molecule has 2 N–H and O–H groups in total. The maximum Gasteiger partial charge on any atom is 0.262 e. The van der Waals surface area contributed by atoms with Crippen LogP contribution >= 0.6 is 15.9 Å². The molecule has 0 fully saturated rings. The highest BCUT2D eigenvalue weighted by atomic mass is 79.9. The third-order valence-electron chi connectivity index (χ3n) is 4.28. The number of nitrogens with one attached hydrogen (secondary N) is 2. The monoisotopic (exact) mass is 435 g/mol. The number of benzene rings is 3. The number of anilines is 1. The maximum absolute atomic E-state index is 12.3. The first-order valence-electron chi connectivity index (χ1n) is 8.82. The third kappa shape index (κ3) is 4.07. The third-order valence-corrected chi connectivity index (χ3v) is 4.77. The van der Waals surface area contributed by atoms with Crippen LogP contribution in [0, 0.1) is 6.92 Å². The molecule has 0 radical (unpaired) electrons. The lowest BCUT2D eigenvalue weighted by Gasteiger charge is -2.11. The van der Waals surface area contributed by atoms with Crippen LogP contribution in [0.5, 0.6) is 5.75 Å². The molecular weight excluding hydrogens is 418 g/mol. The quantitative estimate of drug-likeness (QED) is 0.445. The number of carbonyl (C=O) groups is 1. The van der Waals surface area contributed by atoms with Crippen molar-refractivity contribution >= 4 is 38.6 Å². The number of ether oxygens (including phenoxy) is 1. The van der Waals surface area contributed by atoms with E-state index >= 15 is 0 Å². The van der Waals surface area contributed by atoms with Crippen molar-refractivity contribution in [1.29, 1.82) is 0 Å². The fourth-order valence-electron chi connectivity index (χ4n) is 2.87. The van der Waals surface area contributed by atoms with Gasteiger partial charge in [0.15, 0.2) is 6.61 Å². The summed E-state index contributed by atoms with van der Waals surface area (Å²) in [7, 11) is 0. The number of hydrogen-bond acceptors (Lipinski definition) is 3. The van der Waals surface area contributed by atoms with E-state index in [9.17, 15) is 4.79 Å². The number of aryl methyl sites for hydroxylation is 1. The highest BCUT2D eigenvalue weighted by molar-refractivity contribution is 9.10. The number of carbonyl (C=O) groups excluding carboxylic acids is 1. The Bertz CT molecular complexity index is 1100. The minimum absolute atomic E-state index is 0.0945. The van der Waals surface area contributed by atoms with Crippen LogP contribution < -0.4 is 10.1 Å². The van der Waals surface area contributed by atoms with Crippen LogP contribution in [0.2, 0.25) is 0 Å². The Kier molecular flexibility index (Phi) is 5.12. The summed E-state index contributed by atoms with van der Waals surface area (Å²) < 4.78 is 6.71. The molecule has 0 aliphatic carbocycles. The van der Waals surface area contributed by atoms with Gasteiger partial charge in [0.05, 0.1) is 16.6 Å². The fraction of sp³-hybridized carbons (Fsp3) is 0.0909. The van der Waals surface area contributed by atoms with Crippen LogP contribution in [0.4, 0.5) is 5.69 Å². The number of para-hydroxylation sites is 2. The lowest BCUT2D eigenvalue weighted by molar-refractivity contribution is -0.118. The molecule has 0 aliphatic rings. The first-order valence-corrected chi connectivity index (χ1v) is 9.62. The largest absolute Gasteiger partial charge is 0.483 e. The summed E-state index contributed by atoms with van der Waals surface area (Å²) in [5, 5.41) is 2.83. The molecule has 140 valence electrons. The predicted octanol–water partition coefficient (Wildman–Crippen LogP) is 5.32. The Morgan fingerprint density at radius 1 is 1.11 bits per heavy atom. The van der Waals surface area contributed by atoms with E-state index in [0.29, 0.717) is 11.6 Å². The van der Waals surface area contributed by atoms with Gasteiger partial charge in [-0.1, -0.05) is 45.8 Å². The summed E-state index contributed by atoms with van der Waals surface area (Å²) in [5.41, 5.74) is 4.49. The van der Waals surface area contributed by atoms with Crippen molar-refractivity contribution in [2.24, 2.45) is 0 Å². The number of H-pyrrole nitrogens is 1. The topological polar surface area (TPSA) is 67.0 Å². The van der Waals surface area contributed by atoms with Crippen molar-refractivity contribution in [3.8, 4) is 17.1 Å². The molecule has 1 aromatic heterocycles. The van der Waals surface area contributed by atoms with Gasteiger partial charge in [0, 0.05) is 10.2 Å². The van der Waals surface area contributed by atoms with E-state index in [1.165, 1.54) is 0 Å². The first-order chi connectivity index (χ1) is 13.6. The molecule has 4 rings (SSSR count). The van der Waals surface area contributed by atoms with Crippen molar-refractivity contribution in [3.05, 3.63) is 76.8 Å². The first kappa shape index (κ1) is 18.3. The number of fused-ring (bicyclic) bond motifs is 1. The van der Waals surface area contributed by atoms with E-state index in [4.69, 9.17) is 4.74 Å². The molecule has 0 saturated heterocycles. The lowest BCUT2D eigenvalue weighted by Crippen LogP contribution is -2.20. The van der Waals surface area contributed by atoms with Gasteiger partial charge in [0.2, 0.25) is 0 Å². The summed E-state index contributed by atoms with van der Waals surface area (Å²) in [4.78, 5) is 20.2. The number of rotatable bonds is 5. The second-order valence-corrected chi connectivity index (χ2v) is 7.36. The number of aromatic amines is 1.